The van der Waals surface area contributed by atoms with E-state index in [1.54, 1.807) is 6.20 Å². The minimum atomic E-state index is -0.131. The lowest BCUT2D eigenvalue weighted by Crippen LogP contribution is -2.42. The molecule has 1 amide bonds. The van der Waals surface area contributed by atoms with Crippen molar-refractivity contribution in [3.8, 4) is 0 Å². The third-order valence-corrected chi connectivity index (χ3v) is 5.79. The average molecular weight is 366 g/mol. The number of carbonyl (C=O) groups is 2. The highest BCUT2D eigenvalue weighted by molar-refractivity contribution is 6.03. The van der Waals surface area contributed by atoms with E-state index in [0.29, 0.717) is 29.1 Å². The van der Waals surface area contributed by atoms with Gasteiger partial charge in [-0.2, -0.15) is 0 Å². The third-order valence-electron chi connectivity index (χ3n) is 5.79. The van der Waals surface area contributed by atoms with Crippen molar-refractivity contribution < 1.29 is 14.0 Å². The van der Waals surface area contributed by atoms with Crippen LogP contribution in [0.4, 0.5) is 0 Å². The van der Waals surface area contributed by atoms with Crippen molar-refractivity contribution in [3.05, 3.63) is 52.2 Å². The van der Waals surface area contributed by atoms with Gasteiger partial charge in [0.05, 0.1) is 17.3 Å². The van der Waals surface area contributed by atoms with Crippen molar-refractivity contribution in [1.29, 1.82) is 0 Å². The second-order valence-corrected chi connectivity index (χ2v) is 7.89. The minimum Gasteiger partial charge on any atom is -0.455 e. The fraction of sp³-hybridized carbons (Fsp3) is 0.500. The molecule has 0 saturated heterocycles. The Morgan fingerprint density at radius 1 is 1.26 bits per heavy atom. The van der Waals surface area contributed by atoms with Crippen molar-refractivity contribution in [2.24, 2.45) is 0 Å². The maximum absolute atomic E-state index is 13.5. The number of carbonyl (C=O) groups excluding carboxylic acids is 2. The molecule has 27 heavy (non-hydrogen) atoms. The molecule has 0 bridgehead atoms. The molecule has 0 aliphatic heterocycles. The molecule has 142 valence electrons. The molecule has 2 aromatic rings. The quantitative estimate of drug-likeness (QED) is 0.806. The Labute approximate surface area is 159 Å². The standard InChI is InChI=1S/C22H26N2O3/c1-13(2)24(16-9-4-7-15-8-6-12-23-20(15)16)22(26)21-14(3)19-17(25)10-5-11-18(19)27-21/h6,8,12-13,16H,4-5,7,9-11H2,1-3H3. The number of nitrogens with zero attached hydrogens (tertiary/aromatic N) is 2. The summed E-state index contributed by atoms with van der Waals surface area (Å²) in [6.45, 7) is 5.89. The third kappa shape index (κ3) is 2.99. The van der Waals surface area contributed by atoms with Gasteiger partial charge < -0.3 is 9.32 Å². The maximum Gasteiger partial charge on any atom is 0.290 e. The fourth-order valence-electron chi connectivity index (χ4n) is 4.56. The Hall–Kier alpha value is -2.43. The van der Waals surface area contributed by atoms with Crippen LogP contribution in [0.25, 0.3) is 0 Å². The highest BCUT2D eigenvalue weighted by Crippen LogP contribution is 2.37. The van der Waals surface area contributed by atoms with E-state index in [-0.39, 0.29) is 23.8 Å². The number of ketones is 1. The molecular weight excluding hydrogens is 340 g/mol. The molecule has 0 aromatic carbocycles. The lowest BCUT2D eigenvalue weighted by Gasteiger charge is -2.37. The summed E-state index contributed by atoms with van der Waals surface area (Å²) in [5, 5.41) is 0. The van der Waals surface area contributed by atoms with Crippen LogP contribution in [-0.4, -0.2) is 27.6 Å². The molecule has 0 fully saturated rings. The van der Waals surface area contributed by atoms with Crippen LogP contribution in [-0.2, 0) is 12.8 Å². The number of Topliss-reactive ketones (excluding diaryl/α,β-unsaturated/α-hetero) is 1. The van der Waals surface area contributed by atoms with Gasteiger partial charge in [-0.3, -0.25) is 14.6 Å². The Balaban J connectivity index is 1.75. The number of furan rings is 1. The van der Waals surface area contributed by atoms with E-state index in [2.05, 4.69) is 11.1 Å². The van der Waals surface area contributed by atoms with Crippen molar-refractivity contribution in [2.75, 3.05) is 0 Å². The van der Waals surface area contributed by atoms with Gasteiger partial charge in [-0.15, -0.1) is 0 Å². The van der Waals surface area contributed by atoms with E-state index in [9.17, 15) is 9.59 Å². The van der Waals surface area contributed by atoms with Crippen molar-refractivity contribution in [1.82, 2.24) is 9.88 Å². The summed E-state index contributed by atoms with van der Waals surface area (Å²) in [5.74, 6) is 0.968. The molecule has 0 spiro atoms. The van der Waals surface area contributed by atoms with Gasteiger partial charge in [0, 0.05) is 30.6 Å². The SMILES string of the molecule is Cc1c(C(=O)N(C(C)C)C2CCCc3cccnc32)oc2c1C(=O)CCC2. The lowest BCUT2D eigenvalue weighted by atomic mass is 9.89. The predicted octanol–water partition coefficient (Wildman–Crippen LogP) is 4.43. The van der Waals surface area contributed by atoms with E-state index in [4.69, 9.17) is 4.42 Å². The minimum absolute atomic E-state index is 0.00712. The molecule has 2 aliphatic rings. The topological polar surface area (TPSA) is 63.4 Å². The summed E-state index contributed by atoms with van der Waals surface area (Å²) in [5.41, 5.74) is 3.55. The van der Waals surface area contributed by atoms with Crippen molar-refractivity contribution in [2.45, 2.75) is 71.4 Å². The molecule has 1 unspecified atom stereocenters. The van der Waals surface area contributed by atoms with Gasteiger partial charge in [-0.1, -0.05) is 6.07 Å². The molecule has 0 radical (unpaired) electrons. The highest BCUT2D eigenvalue weighted by Gasteiger charge is 2.36. The second-order valence-electron chi connectivity index (χ2n) is 7.89. The van der Waals surface area contributed by atoms with Gasteiger partial charge >= 0.3 is 0 Å². The van der Waals surface area contributed by atoms with E-state index in [0.717, 1.165) is 37.8 Å². The van der Waals surface area contributed by atoms with Gasteiger partial charge in [0.15, 0.2) is 11.5 Å². The van der Waals surface area contributed by atoms with Gasteiger partial charge in [-0.05, 0) is 58.1 Å². The number of pyridine rings is 1. The maximum atomic E-state index is 13.5. The number of hydrogen-bond donors (Lipinski definition) is 0. The first-order chi connectivity index (χ1) is 13.0. The van der Waals surface area contributed by atoms with Crippen LogP contribution in [0.1, 0.15) is 89.1 Å². The fourth-order valence-corrected chi connectivity index (χ4v) is 4.56. The monoisotopic (exact) mass is 366 g/mol. The molecule has 0 N–H and O–H groups in total. The van der Waals surface area contributed by atoms with Crippen LogP contribution in [0.5, 0.6) is 0 Å². The molecule has 5 heteroatoms. The number of hydrogen-bond acceptors (Lipinski definition) is 4. The number of amides is 1. The summed E-state index contributed by atoms with van der Waals surface area (Å²) < 4.78 is 5.95. The van der Waals surface area contributed by atoms with Crippen LogP contribution in [0.15, 0.2) is 22.7 Å². The zero-order chi connectivity index (χ0) is 19.1. The summed E-state index contributed by atoms with van der Waals surface area (Å²) in [6.07, 6.45) is 6.79. The zero-order valence-corrected chi connectivity index (χ0v) is 16.2. The van der Waals surface area contributed by atoms with Gasteiger partial charge in [0.25, 0.3) is 5.91 Å². The van der Waals surface area contributed by atoms with Crippen molar-refractivity contribution >= 4 is 11.7 Å². The van der Waals surface area contributed by atoms with Crippen LogP contribution >= 0.6 is 0 Å². The molecule has 4 rings (SSSR count). The van der Waals surface area contributed by atoms with Crippen LogP contribution in [0.2, 0.25) is 0 Å². The van der Waals surface area contributed by atoms with Crippen molar-refractivity contribution in [3.63, 3.8) is 0 Å². The van der Waals surface area contributed by atoms with E-state index in [1.165, 1.54) is 5.56 Å². The highest BCUT2D eigenvalue weighted by atomic mass is 16.4. The Bertz CT molecular complexity index is 897. The lowest BCUT2D eigenvalue weighted by molar-refractivity contribution is 0.0540. The summed E-state index contributed by atoms with van der Waals surface area (Å²) in [6, 6.07) is 4.01. The van der Waals surface area contributed by atoms with Crippen LogP contribution in [0, 0.1) is 6.92 Å². The summed E-state index contributed by atoms with van der Waals surface area (Å²) in [7, 11) is 0. The normalized spacial score (nSPS) is 19.0. The molecule has 5 nitrogen and oxygen atoms in total. The van der Waals surface area contributed by atoms with E-state index >= 15 is 0 Å². The Kier molecular flexibility index (Phi) is 4.62. The number of aromatic nitrogens is 1. The average Bonchev–Trinajstić information content (AvgIpc) is 3.00. The van der Waals surface area contributed by atoms with E-state index in [1.807, 2.05) is 31.7 Å². The first-order valence-corrected chi connectivity index (χ1v) is 9.91. The first kappa shape index (κ1) is 18.0. The molecule has 1 atom stereocenters. The Morgan fingerprint density at radius 3 is 2.81 bits per heavy atom. The van der Waals surface area contributed by atoms with Gasteiger partial charge in [0.2, 0.25) is 0 Å². The predicted molar refractivity (Wildman–Crippen MR) is 102 cm³/mol. The van der Waals surface area contributed by atoms with E-state index < -0.39 is 0 Å². The van der Waals surface area contributed by atoms with Gasteiger partial charge in [0.1, 0.15) is 5.76 Å². The number of fused-ring (bicyclic) bond motifs is 2. The first-order valence-electron chi connectivity index (χ1n) is 9.91. The molecular formula is C22H26N2O3. The summed E-state index contributed by atoms with van der Waals surface area (Å²) in [4.78, 5) is 32.3. The zero-order valence-electron chi connectivity index (χ0n) is 16.2. The van der Waals surface area contributed by atoms with Gasteiger partial charge in [-0.25, -0.2) is 0 Å². The number of aryl methyl sites for hydroxylation is 2. The molecule has 0 saturated carbocycles. The molecule has 2 aromatic heterocycles. The largest absolute Gasteiger partial charge is 0.455 e. The number of rotatable bonds is 3. The van der Waals surface area contributed by atoms with Crippen LogP contribution in [0.3, 0.4) is 0 Å². The molecule has 2 heterocycles. The van der Waals surface area contributed by atoms with Crippen LogP contribution < -0.4 is 0 Å². The summed E-state index contributed by atoms with van der Waals surface area (Å²) >= 11 is 0. The smallest absolute Gasteiger partial charge is 0.290 e. The second kappa shape index (κ2) is 6.95. The molecule has 2 aliphatic carbocycles. The Morgan fingerprint density at radius 2 is 2.07 bits per heavy atom.